The molecular weight excluding hydrogens is 322 g/mol. The number of aromatic nitrogens is 3. The summed E-state index contributed by atoms with van der Waals surface area (Å²) in [6.07, 6.45) is 4.19. The Hall–Kier alpha value is -2.17. The standard InChI is InChI=1S/C21H31N5/c1-14(2)17-9-6-10-18(15(3)4)20(17)23-19-12-22-25-21(24-19)26-11-7-8-16(5)13-26/h6,9-10,12,14-16H,7-8,11,13H2,1-5H3,(H,23,24,25). The van der Waals surface area contributed by atoms with Gasteiger partial charge in [-0.1, -0.05) is 52.8 Å². The van der Waals surface area contributed by atoms with Crippen molar-refractivity contribution in [2.24, 2.45) is 5.92 Å². The third-order valence-electron chi connectivity index (χ3n) is 5.11. The number of nitrogens with one attached hydrogen (secondary N) is 1. The average molecular weight is 354 g/mol. The second kappa shape index (κ2) is 8.02. The second-order valence-electron chi connectivity index (χ2n) is 8.08. The number of nitrogens with zero attached hydrogens (tertiary/aromatic N) is 4. The molecule has 1 unspecified atom stereocenters. The molecule has 1 saturated heterocycles. The topological polar surface area (TPSA) is 53.9 Å². The van der Waals surface area contributed by atoms with E-state index in [1.807, 2.05) is 0 Å². The van der Waals surface area contributed by atoms with Crippen molar-refractivity contribution in [1.29, 1.82) is 0 Å². The van der Waals surface area contributed by atoms with Gasteiger partial charge in [-0.25, -0.2) is 0 Å². The number of rotatable bonds is 5. The van der Waals surface area contributed by atoms with E-state index >= 15 is 0 Å². The van der Waals surface area contributed by atoms with Crippen molar-refractivity contribution in [3.05, 3.63) is 35.5 Å². The van der Waals surface area contributed by atoms with E-state index in [2.05, 4.69) is 73.2 Å². The highest BCUT2D eigenvalue weighted by Crippen LogP contribution is 2.34. The molecule has 0 spiro atoms. The van der Waals surface area contributed by atoms with Crippen molar-refractivity contribution < 1.29 is 0 Å². The molecule has 1 aromatic heterocycles. The van der Waals surface area contributed by atoms with Crippen molar-refractivity contribution >= 4 is 17.5 Å². The third-order valence-corrected chi connectivity index (χ3v) is 5.11. The lowest BCUT2D eigenvalue weighted by atomic mass is 9.92. The molecule has 3 rings (SSSR count). The van der Waals surface area contributed by atoms with Crippen LogP contribution in [0.2, 0.25) is 0 Å². The molecule has 0 saturated carbocycles. The first kappa shape index (κ1) is 18.6. The van der Waals surface area contributed by atoms with Gasteiger partial charge in [0.25, 0.3) is 0 Å². The highest BCUT2D eigenvalue weighted by molar-refractivity contribution is 5.66. The molecule has 5 heteroatoms. The Kier molecular flexibility index (Phi) is 5.74. The van der Waals surface area contributed by atoms with Crippen LogP contribution < -0.4 is 10.2 Å². The summed E-state index contributed by atoms with van der Waals surface area (Å²) in [6, 6.07) is 6.54. The van der Waals surface area contributed by atoms with E-state index in [1.165, 1.54) is 24.0 Å². The Morgan fingerprint density at radius 2 is 1.81 bits per heavy atom. The molecule has 26 heavy (non-hydrogen) atoms. The molecule has 1 atom stereocenters. The maximum Gasteiger partial charge on any atom is 0.247 e. The SMILES string of the molecule is CC1CCCN(c2nncc(Nc3c(C(C)C)cccc3C(C)C)n2)C1. The van der Waals surface area contributed by atoms with Crippen LogP contribution >= 0.6 is 0 Å². The zero-order valence-corrected chi connectivity index (χ0v) is 16.7. The lowest BCUT2D eigenvalue weighted by molar-refractivity contribution is 0.441. The van der Waals surface area contributed by atoms with E-state index in [-0.39, 0.29) is 0 Å². The van der Waals surface area contributed by atoms with Crippen LogP contribution in [0.1, 0.15) is 70.4 Å². The zero-order chi connectivity index (χ0) is 18.7. The summed E-state index contributed by atoms with van der Waals surface area (Å²) >= 11 is 0. The summed E-state index contributed by atoms with van der Waals surface area (Å²) in [5.74, 6) is 3.05. The number of benzene rings is 1. The molecule has 2 aromatic rings. The maximum absolute atomic E-state index is 4.77. The van der Waals surface area contributed by atoms with Crippen molar-refractivity contribution in [1.82, 2.24) is 15.2 Å². The van der Waals surface area contributed by atoms with Crippen LogP contribution in [-0.2, 0) is 0 Å². The normalized spacial score (nSPS) is 17.8. The van der Waals surface area contributed by atoms with E-state index in [0.29, 0.717) is 17.8 Å². The summed E-state index contributed by atoms with van der Waals surface area (Å²) in [6.45, 7) is 13.2. The minimum absolute atomic E-state index is 0.438. The van der Waals surface area contributed by atoms with Crippen LogP contribution in [0.4, 0.5) is 17.5 Å². The molecule has 1 aliphatic rings. The van der Waals surface area contributed by atoms with E-state index in [1.54, 1.807) is 6.20 Å². The quantitative estimate of drug-likeness (QED) is 0.810. The molecule has 2 heterocycles. The Morgan fingerprint density at radius 1 is 1.12 bits per heavy atom. The fraction of sp³-hybridized carbons (Fsp3) is 0.571. The molecule has 0 radical (unpaired) electrons. The first-order chi connectivity index (χ1) is 12.5. The minimum atomic E-state index is 0.438. The second-order valence-corrected chi connectivity index (χ2v) is 8.08. The zero-order valence-electron chi connectivity index (χ0n) is 16.7. The summed E-state index contributed by atoms with van der Waals surface area (Å²) in [5, 5.41) is 12.0. The molecule has 1 aliphatic heterocycles. The van der Waals surface area contributed by atoms with Gasteiger partial charge in [-0.2, -0.15) is 10.1 Å². The predicted molar refractivity (Wildman–Crippen MR) is 108 cm³/mol. The van der Waals surface area contributed by atoms with Crippen LogP contribution in [-0.4, -0.2) is 28.3 Å². The van der Waals surface area contributed by atoms with Crippen LogP contribution in [0.5, 0.6) is 0 Å². The molecule has 0 amide bonds. The van der Waals surface area contributed by atoms with Crippen molar-refractivity contribution in [3.8, 4) is 0 Å². The molecule has 5 nitrogen and oxygen atoms in total. The fourth-order valence-electron chi connectivity index (χ4n) is 3.68. The highest BCUT2D eigenvalue weighted by atomic mass is 15.3. The van der Waals surface area contributed by atoms with Gasteiger partial charge in [-0.05, 0) is 41.7 Å². The van der Waals surface area contributed by atoms with Crippen LogP contribution in [0.15, 0.2) is 24.4 Å². The summed E-state index contributed by atoms with van der Waals surface area (Å²) in [5.41, 5.74) is 3.78. The van der Waals surface area contributed by atoms with E-state index < -0.39 is 0 Å². The number of para-hydroxylation sites is 1. The lowest BCUT2D eigenvalue weighted by Crippen LogP contribution is -2.35. The molecule has 0 aliphatic carbocycles. The maximum atomic E-state index is 4.77. The average Bonchev–Trinajstić information content (AvgIpc) is 2.61. The Bertz CT molecular complexity index is 715. The molecular formula is C21H31N5. The number of hydrogen-bond acceptors (Lipinski definition) is 5. The summed E-state index contributed by atoms with van der Waals surface area (Å²) in [7, 11) is 0. The molecule has 0 bridgehead atoms. The number of anilines is 3. The van der Waals surface area contributed by atoms with E-state index in [0.717, 1.165) is 30.5 Å². The Morgan fingerprint density at radius 3 is 2.42 bits per heavy atom. The Balaban J connectivity index is 1.91. The summed E-state index contributed by atoms with van der Waals surface area (Å²) < 4.78 is 0. The van der Waals surface area contributed by atoms with E-state index in [9.17, 15) is 0 Å². The molecule has 1 N–H and O–H groups in total. The number of hydrogen-bond donors (Lipinski definition) is 1. The predicted octanol–water partition coefficient (Wildman–Crippen LogP) is 5.10. The van der Waals surface area contributed by atoms with Gasteiger partial charge in [0.05, 0.1) is 6.20 Å². The van der Waals surface area contributed by atoms with Crippen molar-refractivity contribution in [3.63, 3.8) is 0 Å². The van der Waals surface area contributed by atoms with Gasteiger partial charge in [0.1, 0.15) is 0 Å². The van der Waals surface area contributed by atoms with Gasteiger partial charge < -0.3 is 10.2 Å². The number of piperidine rings is 1. The first-order valence-corrected chi connectivity index (χ1v) is 9.80. The monoisotopic (exact) mass is 353 g/mol. The van der Waals surface area contributed by atoms with Gasteiger partial charge in [0.2, 0.25) is 5.95 Å². The first-order valence-electron chi connectivity index (χ1n) is 9.80. The fourth-order valence-corrected chi connectivity index (χ4v) is 3.68. The van der Waals surface area contributed by atoms with Crippen LogP contribution in [0.25, 0.3) is 0 Å². The van der Waals surface area contributed by atoms with Crippen molar-refractivity contribution in [2.45, 2.75) is 59.3 Å². The van der Waals surface area contributed by atoms with Gasteiger partial charge in [0, 0.05) is 18.8 Å². The third kappa shape index (κ3) is 4.14. The smallest absolute Gasteiger partial charge is 0.247 e. The summed E-state index contributed by atoms with van der Waals surface area (Å²) in [4.78, 5) is 7.02. The van der Waals surface area contributed by atoms with Crippen molar-refractivity contribution in [2.75, 3.05) is 23.3 Å². The van der Waals surface area contributed by atoms with Crippen LogP contribution in [0, 0.1) is 5.92 Å². The van der Waals surface area contributed by atoms with Gasteiger partial charge in [0.15, 0.2) is 5.82 Å². The van der Waals surface area contributed by atoms with E-state index in [4.69, 9.17) is 4.98 Å². The van der Waals surface area contributed by atoms with Crippen LogP contribution in [0.3, 0.4) is 0 Å². The van der Waals surface area contributed by atoms with Gasteiger partial charge >= 0.3 is 0 Å². The molecule has 1 fully saturated rings. The molecule has 140 valence electrons. The minimum Gasteiger partial charge on any atom is -0.339 e. The van der Waals surface area contributed by atoms with Gasteiger partial charge in [-0.3, -0.25) is 0 Å². The molecule has 1 aromatic carbocycles. The largest absolute Gasteiger partial charge is 0.339 e. The Labute approximate surface area is 157 Å². The lowest BCUT2D eigenvalue weighted by Gasteiger charge is -2.30. The highest BCUT2D eigenvalue weighted by Gasteiger charge is 2.20. The van der Waals surface area contributed by atoms with Gasteiger partial charge in [-0.15, -0.1) is 5.10 Å².